The van der Waals surface area contributed by atoms with Gasteiger partial charge in [0.1, 0.15) is 6.54 Å². The van der Waals surface area contributed by atoms with Crippen LogP contribution in [0.15, 0.2) is 71.7 Å². The number of carbonyl (C=O) groups excluding carboxylic acids is 1. The molecule has 4 aromatic rings. The second-order valence-electron chi connectivity index (χ2n) is 8.32. The number of nitrogens with one attached hydrogen (secondary N) is 1. The number of hydrogen-bond acceptors (Lipinski definition) is 5. The number of benzene rings is 3. The molecule has 0 spiro atoms. The van der Waals surface area contributed by atoms with E-state index in [1.807, 2.05) is 62.4 Å². The topological polar surface area (TPSA) is 83.7 Å². The van der Waals surface area contributed by atoms with Crippen LogP contribution in [0.4, 0.5) is 5.69 Å². The molecule has 0 saturated heterocycles. The number of amides is 1. The van der Waals surface area contributed by atoms with Crippen molar-refractivity contribution in [3.05, 3.63) is 88.5 Å². The number of aromatic nitrogens is 2. The highest BCUT2D eigenvalue weighted by molar-refractivity contribution is 5.92. The van der Waals surface area contributed by atoms with Crippen molar-refractivity contribution in [1.82, 2.24) is 9.13 Å². The maximum atomic E-state index is 13.7. The minimum Gasteiger partial charge on any atom is -0.493 e. The molecule has 0 bridgehead atoms. The Labute approximate surface area is 209 Å². The van der Waals surface area contributed by atoms with Gasteiger partial charge < -0.3 is 19.5 Å². The van der Waals surface area contributed by atoms with Crippen LogP contribution in [0.1, 0.15) is 11.1 Å². The summed E-state index contributed by atoms with van der Waals surface area (Å²) in [4.78, 5) is 26.8. The molecule has 8 nitrogen and oxygen atoms in total. The molecular formula is C28H29N3O5. The fraction of sp³-hybridized carbons (Fsp3) is 0.214. The van der Waals surface area contributed by atoms with Crippen molar-refractivity contribution in [2.75, 3.05) is 26.6 Å². The highest BCUT2D eigenvalue weighted by Crippen LogP contribution is 2.39. The van der Waals surface area contributed by atoms with E-state index in [1.54, 1.807) is 18.3 Å². The summed E-state index contributed by atoms with van der Waals surface area (Å²) in [5.74, 6) is 0.961. The molecule has 0 radical (unpaired) electrons. The Bertz CT molecular complexity index is 1410. The molecule has 3 aromatic carbocycles. The van der Waals surface area contributed by atoms with Gasteiger partial charge >= 0.3 is 5.69 Å². The van der Waals surface area contributed by atoms with E-state index in [4.69, 9.17) is 14.2 Å². The Balaban J connectivity index is 1.81. The summed E-state index contributed by atoms with van der Waals surface area (Å²) in [7, 11) is 4.55. The second kappa shape index (κ2) is 10.4. The lowest BCUT2D eigenvalue weighted by Gasteiger charge is -2.14. The summed E-state index contributed by atoms with van der Waals surface area (Å²) in [5, 5.41) is 2.97. The first kappa shape index (κ1) is 24.7. The molecule has 8 heteroatoms. The van der Waals surface area contributed by atoms with Crippen LogP contribution in [0.3, 0.4) is 0 Å². The van der Waals surface area contributed by atoms with Gasteiger partial charge in [0.05, 0.1) is 32.7 Å². The van der Waals surface area contributed by atoms with Gasteiger partial charge in [-0.2, -0.15) is 0 Å². The van der Waals surface area contributed by atoms with Crippen molar-refractivity contribution in [3.63, 3.8) is 0 Å². The summed E-state index contributed by atoms with van der Waals surface area (Å²) < 4.78 is 19.3. The predicted octanol–water partition coefficient (Wildman–Crippen LogP) is 4.59. The van der Waals surface area contributed by atoms with Crippen molar-refractivity contribution in [2.45, 2.75) is 20.4 Å². The molecule has 0 atom stereocenters. The lowest BCUT2D eigenvalue weighted by atomic mass is 10.1. The Hall–Kier alpha value is -4.46. The van der Waals surface area contributed by atoms with Gasteiger partial charge in [-0.05, 0) is 30.5 Å². The summed E-state index contributed by atoms with van der Waals surface area (Å²) in [6.45, 7) is 3.71. The third-order valence-corrected chi connectivity index (χ3v) is 6.02. The number of ether oxygens (including phenoxy) is 3. The van der Waals surface area contributed by atoms with Crippen LogP contribution in [0, 0.1) is 13.8 Å². The van der Waals surface area contributed by atoms with Crippen molar-refractivity contribution >= 4 is 11.6 Å². The number of rotatable bonds is 8. The minimum absolute atomic E-state index is 0.158. The normalized spacial score (nSPS) is 10.7. The van der Waals surface area contributed by atoms with E-state index in [-0.39, 0.29) is 18.1 Å². The van der Waals surface area contributed by atoms with Gasteiger partial charge in [-0.1, -0.05) is 48.5 Å². The molecule has 4 rings (SSSR count). The van der Waals surface area contributed by atoms with E-state index in [0.29, 0.717) is 28.6 Å². The molecule has 1 aromatic heterocycles. The van der Waals surface area contributed by atoms with Crippen LogP contribution < -0.4 is 25.2 Å². The largest absolute Gasteiger partial charge is 0.493 e. The third-order valence-electron chi connectivity index (χ3n) is 6.02. The molecule has 0 unspecified atom stereocenters. The number of nitrogens with zero attached hydrogens (tertiary/aromatic N) is 2. The Kier molecular flexibility index (Phi) is 7.15. The molecule has 186 valence electrons. The van der Waals surface area contributed by atoms with Crippen molar-refractivity contribution < 1.29 is 19.0 Å². The van der Waals surface area contributed by atoms with Crippen molar-refractivity contribution in [1.29, 1.82) is 0 Å². The Morgan fingerprint density at radius 2 is 1.47 bits per heavy atom. The first-order valence-electron chi connectivity index (χ1n) is 11.4. The van der Waals surface area contributed by atoms with Gasteiger partial charge in [0.2, 0.25) is 11.7 Å². The van der Waals surface area contributed by atoms with Gasteiger partial charge in [-0.15, -0.1) is 0 Å². The van der Waals surface area contributed by atoms with Crippen LogP contribution >= 0.6 is 0 Å². The number of aryl methyl sites for hydroxylation is 2. The standard InChI is InChI=1S/C28H29N3O5/c1-18-10-9-11-19(2)26(18)29-25(32)17-31-22(20-12-7-6-8-13-20)16-30(28(31)33)21-14-23(34-3)27(36-5)24(15-21)35-4/h6-16H,17H2,1-5H3,(H,29,32). The number of hydrogen-bond donors (Lipinski definition) is 1. The van der Waals surface area contributed by atoms with Crippen LogP contribution in [0.25, 0.3) is 16.9 Å². The molecule has 0 saturated carbocycles. The molecular weight excluding hydrogens is 458 g/mol. The Morgan fingerprint density at radius 3 is 2.03 bits per heavy atom. The smallest absolute Gasteiger partial charge is 0.333 e. The van der Waals surface area contributed by atoms with Gasteiger partial charge in [0.15, 0.2) is 11.5 Å². The van der Waals surface area contributed by atoms with E-state index >= 15 is 0 Å². The zero-order valence-electron chi connectivity index (χ0n) is 21.0. The summed E-state index contributed by atoms with van der Waals surface area (Å²) in [5.41, 5.74) is 4.20. The number of imidazole rings is 1. The van der Waals surface area contributed by atoms with E-state index < -0.39 is 0 Å². The molecule has 0 aliphatic rings. The average molecular weight is 488 g/mol. The number of methoxy groups -OCH3 is 3. The SMILES string of the molecule is COc1cc(-n2cc(-c3ccccc3)n(CC(=O)Nc3c(C)cccc3C)c2=O)cc(OC)c1OC. The van der Waals surface area contributed by atoms with Gasteiger partial charge in [-0.3, -0.25) is 13.9 Å². The van der Waals surface area contributed by atoms with E-state index in [0.717, 1.165) is 22.4 Å². The van der Waals surface area contributed by atoms with Crippen molar-refractivity contribution in [3.8, 4) is 34.2 Å². The van der Waals surface area contributed by atoms with Gasteiger partial charge in [0.25, 0.3) is 0 Å². The molecule has 1 amide bonds. The maximum Gasteiger partial charge on any atom is 0.333 e. The summed E-state index contributed by atoms with van der Waals surface area (Å²) in [6, 6.07) is 18.7. The quantitative estimate of drug-likeness (QED) is 0.393. The summed E-state index contributed by atoms with van der Waals surface area (Å²) in [6.07, 6.45) is 1.71. The van der Waals surface area contributed by atoms with Gasteiger partial charge in [-0.25, -0.2) is 4.79 Å². The highest BCUT2D eigenvalue weighted by atomic mass is 16.5. The van der Waals surface area contributed by atoms with Crippen LogP contribution in [-0.4, -0.2) is 36.4 Å². The zero-order valence-corrected chi connectivity index (χ0v) is 21.0. The molecule has 0 fully saturated rings. The second-order valence-corrected chi connectivity index (χ2v) is 8.32. The zero-order chi connectivity index (χ0) is 25.8. The molecule has 0 aliphatic heterocycles. The minimum atomic E-state index is -0.375. The van der Waals surface area contributed by atoms with Crippen LogP contribution in [0.5, 0.6) is 17.2 Å². The lowest BCUT2D eigenvalue weighted by molar-refractivity contribution is -0.116. The monoisotopic (exact) mass is 487 g/mol. The maximum absolute atomic E-state index is 13.7. The highest BCUT2D eigenvalue weighted by Gasteiger charge is 2.20. The fourth-order valence-corrected chi connectivity index (χ4v) is 4.20. The van der Waals surface area contributed by atoms with E-state index in [9.17, 15) is 9.59 Å². The molecule has 1 heterocycles. The molecule has 0 aliphatic carbocycles. The Morgan fingerprint density at radius 1 is 0.861 bits per heavy atom. The van der Waals surface area contributed by atoms with Gasteiger partial charge in [0, 0.05) is 24.0 Å². The van der Waals surface area contributed by atoms with Crippen molar-refractivity contribution in [2.24, 2.45) is 0 Å². The number of carbonyl (C=O) groups is 1. The van der Waals surface area contributed by atoms with E-state index in [1.165, 1.54) is 30.5 Å². The first-order valence-corrected chi connectivity index (χ1v) is 11.4. The molecule has 36 heavy (non-hydrogen) atoms. The first-order chi connectivity index (χ1) is 17.4. The van der Waals surface area contributed by atoms with E-state index in [2.05, 4.69) is 5.32 Å². The molecule has 1 N–H and O–H groups in total. The lowest BCUT2D eigenvalue weighted by Crippen LogP contribution is -2.29. The number of para-hydroxylation sites is 1. The van der Waals surface area contributed by atoms with Crippen LogP contribution in [0.2, 0.25) is 0 Å². The third kappa shape index (κ3) is 4.70. The predicted molar refractivity (Wildman–Crippen MR) is 140 cm³/mol. The number of anilines is 1. The fourth-order valence-electron chi connectivity index (χ4n) is 4.20. The van der Waals surface area contributed by atoms with Crippen LogP contribution in [-0.2, 0) is 11.3 Å². The summed E-state index contributed by atoms with van der Waals surface area (Å²) >= 11 is 0. The average Bonchev–Trinajstić information content (AvgIpc) is 3.21.